The van der Waals surface area contributed by atoms with Crippen molar-refractivity contribution < 1.29 is 0 Å². The van der Waals surface area contributed by atoms with E-state index in [2.05, 4.69) is 40.8 Å². The Kier molecular flexibility index (Phi) is 5.37. The molecule has 5 nitrogen and oxygen atoms in total. The Bertz CT molecular complexity index is 735. The molecular formula is C14H13Cl3IN5. The van der Waals surface area contributed by atoms with Crippen LogP contribution in [-0.4, -0.2) is 39.3 Å². The summed E-state index contributed by atoms with van der Waals surface area (Å²) in [6.07, 6.45) is 1.67. The average molecular weight is 485 g/mol. The van der Waals surface area contributed by atoms with Crippen LogP contribution in [0.4, 0.5) is 11.8 Å². The maximum atomic E-state index is 6.26. The van der Waals surface area contributed by atoms with Gasteiger partial charge < -0.3 is 10.6 Å². The lowest BCUT2D eigenvalue weighted by molar-refractivity contribution is 0.456. The Hall–Kier alpha value is -0.540. The van der Waals surface area contributed by atoms with Gasteiger partial charge in [-0.2, -0.15) is 4.98 Å². The minimum absolute atomic E-state index is 0.354. The summed E-state index contributed by atoms with van der Waals surface area (Å²) in [6.45, 7) is 3.65. The lowest BCUT2D eigenvalue weighted by Gasteiger charge is -2.31. The number of piperazine rings is 1. The Morgan fingerprint density at radius 2 is 1.74 bits per heavy atom. The summed E-state index contributed by atoms with van der Waals surface area (Å²) >= 11 is 20.7. The molecule has 1 saturated heterocycles. The van der Waals surface area contributed by atoms with E-state index in [4.69, 9.17) is 40.5 Å². The number of nitrogen functional groups attached to an aromatic ring is 1. The van der Waals surface area contributed by atoms with Crippen LogP contribution in [0.3, 0.4) is 0 Å². The van der Waals surface area contributed by atoms with Crippen molar-refractivity contribution >= 4 is 69.4 Å². The molecule has 0 saturated carbocycles. The van der Waals surface area contributed by atoms with E-state index in [9.17, 15) is 0 Å². The van der Waals surface area contributed by atoms with E-state index < -0.39 is 0 Å². The fraction of sp³-hybridized carbons (Fsp3) is 0.286. The SMILES string of the molecule is Nc1nc(N2CCN(I)CC2)ncc1-c1cc(Cl)cc(Cl)c1Cl. The van der Waals surface area contributed by atoms with Crippen molar-refractivity contribution in [3.8, 4) is 11.1 Å². The molecule has 0 spiro atoms. The molecule has 0 atom stereocenters. The minimum atomic E-state index is 0.354. The molecule has 0 radical (unpaired) electrons. The number of benzene rings is 1. The molecule has 0 bridgehead atoms. The summed E-state index contributed by atoms with van der Waals surface area (Å²) in [6, 6.07) is 3.29. The second-order valence-electron chi connectivity index (χ2n) is 5.11. The zero-order valence-corrected chi connectivity index (χ0v) is 16.4. The smallest absolute Gasteiger partial charge is 0.227 e. The molecule has 2 N–H and O–H groups in total. The van der Waals surface area contributed by atoms with Gasteiger partial charge in [0.25, 0.3) is 0 Å². The first-order valence-corrected chi connectivity index (χ1v) is 8.98. The lowest BCUT2D eigenvalue weighted by Crippen LogP contribution is -2.43. The maximum Gasteiger partial charge on any atom is 0.227 e. The van der Waals surface area contributed by atoms with Gasteiger partial charge in [0.1, 0.15) is 5.82 Å². The normalized spacial score (nSPS) is 15.9. The molecule has 1 aromatic carbocycles. The summed E-state index contributed by atoms with van der Waals surface area (Å²) < 4.78 is 2.24. The molecule has 2 heterocycles. The highest BCUT2D eigenvalue weighted by Gasteiger charge is 2.19. The third kappa shape index (κ3) is 3.76. The molecule has 1 aliphatic rings. The Morgan fingerprint density at radius 1 is 1.04 bits per heavy atom. The van der Waals surface area contributed by atoms with Gasteiger partial charge in [0.05, 0.1) is 10.0 Å². The summed E-state index contributed by atoms with van der Waals surface area (Å²) in [5, 5.41) is 1.24. The van der Waals surface area contributed by atoms with Crippen molar-refractivity contribution in [1.82, 2.24) is 13.1 Å². The molecule has 1 aromatic heterocycles. The van der Waals surface area contributed by atoms with E-state index in [0.29, 0.717) is 38.0 Å². The van der Waals surface area contributed by atoms with Crippen LogP contribution < -0.4 is 10.6 Å². The summed E-state index contributed by atoms with van der Waals surface area (Å²) in [4.78, 5) is 11.0. The number of rotatable bonds is 2. The van der Waals surface area contributed by atoms with Crippen LogP contribution in [0.2, 0.25) is 15.1 Å². The van der Waals surface area contributed by atoms with E-state index in [1.54, 1.807) is 18.3 Å². The molecule has 0 amide bonds. The Labute approximate surface area is 163 Å². The van der Waals surface area contributed by atoms with Gasteiger partial charge in [0, 0.05) is 71.4 Å². The highest BCUT2D eigenvalue weighted by molar-refractivity contribution is 14.1. The fourth-order valence-corrected chi connectivity index (χ4v) is 3.51. The molecule has 1 fully saturated rings. The third-order valence-corrected chi connectivity index (χ3v) is 5.58. The summed E-state index contributed by atoms with van der Waals surface area (Å²) in [7, 11) is 0. The van der Waals surface area contributed by atoms with E-state index in [0.717, 1.165) is 26.2 Å². The van der Waals surface area contributed by atoms with Crippen molar-refractivity contribution in [3.63, 3.8) is 0 Å². The number of aromatic nitrogens is 2. The van der Waals surface area contributed by atoms with Crippen molar-refractivity contribution in [2.24, 2.45) is 0 Å². The molecule has 0 unspecified atom stereocenters. The monoisotopic (exact) mass is 483 g/mol. The Morgan fingerprint density at radius 3 is 2.39 bits per heavy atom. The van der Waals surface area contributed by atoms with E-state index in [1.807, 2.05) is 0 Å². The standard InChI is InChI=1S/C14H13Cl3IN5/c15-8-5-9(12(17)11(16)6-8)10-7-20-14(21-13(10)19)22-1-3-23(18)4-2-22/h5-7H,1-4H2,(H2,19,20,21). The van der Waals surface area contributed by atoms with Crippen molar-refractivity contribution in [2.75, 3.05) is 36.8 Å². The van der Waals surface area contributed by atoms with Crippen molar-refractivity contribution in [2.45, 2.75) is 0 Å². The second-order valence-corrected chi connectivity index (χ2v) is 7.70. The number of nitrogens with two attached hydrogens (primary N) is 1. The van der Waals surface area contributed by atoms with Crippen LogP contribution in [0.25, 0.3) is 11.1 Å². The van der Waals surface area contributed by atoms with Crippen LogP contribution in [-0.2, 0) is 0 Å². The minimum Gasteiger partial charge on any atom is -0.383 e. The van der Waals surface area contributed by atoms with Crippen LogP contribution in [0.5, 0.6) is 0 Å². The predicted octanol–water partition coefficient (Wildman–Crippen LogP) is 4.16. The van der Waals surface area contributed by atoms with Gasteiger partial charge in [0.2, 0.25) is 5.95 Å². The largest absolute Gasteiger partial charge is 0.383 e. The molecular weight excluding hydrogens is 471 g/mol. The zero-order chi connectivity index (χ0) is 16.6. The van der Waals surface area contributed by atoms with E-state index in [1.165, 1.54) is 0 Å². The number of nitrogens with zero attached hydrogens (tertiary/aromatic N) is 4. The zero-order valence-electron chi connectivity index (χ0n) is 11.9. The quantitative estimate of drug-likeness (QED) is 0.394. The van der Waals surface area contributed by atoms with Gasteiger partial charge in [-0.05, 0) is 12.1 Å². The molecule has 3 rings (SSSR count). The Balaban J connectivity index is 1.94. The van der Waals surface area contributed by atoms with Crippen LogP contribution >= 0.6 is 57.7 Å². The maximum absolute atomic E-state index is 6.26. The molecule has 2 aromatic rings. The van der Waals surface area contributed by atoms with Crippen molar-refractivity contribution in [1.29, 1.82) is 0 Å². The van der Waals surface area contributed by atoms with Crippen LogP contribution in [0, 0.1) is 0 Å². The van der Waals surface area contributed by atoms with E-state index in [-0.39, 0.29) is 0 Å². The molecule has 23 heavy (non-hydrogen) atoms. The molecule has 122 valence electrons. The highest BCUT2D eigenvalue weighted by Crippen LogP contribution is 2.38. The first-order chi connectivity index (χ1) is 11.0. The van der Waals surface area contributed by atoms with Gasteiger partial charge >= 0.3 is 0 Å². The van der Waals surface area contributed by atoms with Gasteiger partial charge in [-0.25, -0.2) is 8.10 Å². The molecule has 0 aliphatic carbocycles. The van der Waals surface area contributed by atoms with Crippen LogP contribution in [0.1, 0.15) is 0 Å². The third-order valence-electron chi connectivity index (χ3n) is 3.60. The lowest BCUT2D eigenvalue weighted by atomic mass is 10.1. The molecule has 9 heteroatoms. The number of hydrogen-bond acceptors (Lipinski definition) is 5. The van der Waals surface area contributed by atoms with Crippen LogP contribution in [0.15, 0.2) is 18.3 Å². The number of anilines is 2. The molecule has 1 aliphatic heterocycles. The average Bonchev–Trinajstić information content (AvgIpc) is 2.52. The first-order valence-electron chi connectivity index (χ1n) is 6.89. The van der Waals surface area contributed by atoms with Crippen molar-refractivity contribution in [3.05, 3.63) is 33.4 Å². The van der Waals surface area contributed by atoms with Gasteiger partial charge in [-0.1, -0.05) is 34.8 Å². The summed E-state index contributed by atoms with van der Waals surface area (Å²) in [5.41, 5.74) is 7.37. The number of halogens is 4. The second kappa shape index (κ2) is 7.14. The van der Waals surface area contributed by atoms with E-state index >= 15 is 0 Å². The summed E-state index contributed by atoms with van der Waals surface area (Å²) in [5.74, 6) is 0.979. The van der Waals surface area contributed by atoms with Gasteiger partial charge in [-0.15, -0.1) is 0 Å². The van der Waals surface area contributed by atoms with Gasteiger partial charge in [0.15, 0.2) is 0 Å². The number of hydrogen-bond donors (Lipinski definition) is 1. The predicted molar refractivity (Wildman–Crippen MR) is 105 cm³/mol. The first kappa shape index (κ1) is 17.3. The van der Waals surface area contributed by atoms with Gasteiger partial charge in [-0.3, -0.25) is 0 Å². The fourth-order valence-electron chi connectivity index (χ4n) is 2.38. The topological polar surface area (TPSA) is 58.3 Å². The highest BCUT2D eigenvalue weighted by atomic mass is 127.